The lowest BCUT2D eigenvalue weighted by molar-refractivity contribution is 0.769. The summed E-state index contributed by atoms with van der Waals surface area (Å²) in [6.07, 6.45) is 1.54. The number of aromatic amines is 1. The average molecular weight is 206 g/mol. The quantitative estimate of drug-likeness (QED) is 0.755. The Morgan fingerprint density at radius 1 is 1.60 bits per heavy atom. The van der Waals surface area contributed by atoms with E-state index >= 15 is 0 Å². The zero-order valence-corrected chi connectivity index (χ0v) is 8.82. The van der Waals surface area contributed by atoms with Crippen LogP contribution in [0, 0.1) is 0 Å². The van der Waals surface area contributed by atoms with Gasteiger partial charge in [-0.1, -0.05) is 13.8 Å². The molecule has 0 saturated heterocycles. The first-order valence-electron chi connectivity index (χ1n) is 4.93. The van der Waals surface area contributed by atoms with Crippen LogP contribution in [0.5, 0.6) is 0 Å². The molecule has 0 radical (unpaired) electrons. The van der Waals surface area contributed by atoms with Gasteiger partial charge in [-0.2, -0.15) is 0 Å². The van der Waals surface area contributed by atoms with Crippen LogP contribution in [0.1, 0.15) is 31.0 Å². The van der Waals surface area contributed by atoms with Crippen LogP contribution in [0.25, 0.3) is 5.65 Å². The fraction of sp³-hybridized carbons (Fsp3) is 0.400. The maximum absolute atomic E-state index is 11.8. The van der Waals surface area contributed by atoms with Gasteiger partial charge in [0.05, 0.1) is 5.56 Å². The molecule has 3 N–H and O–H groups in total. The number of nitrogens with zero attached hydrogens (tertiary/aromatic N) is 2. The van der Waals surface area contributed by atoms with Gasteiger partial charge in [-0.25, -0.2) is 9.50 Å². The molecule has 0 aromatic carbocycles. The Labute approximate surface area is 86.9 Å². The highest BCUT2D eigenvalue weighted by Crippen LogP contribution is 2.12. The Kier molecular flexibility index (Phi) is 2.32. The predicted octanol–water partition coefficient (Wildman–Crippen LogP) is 0.605. The third-order valence-electron chi connectivity index (χ3n) is 2.43. The minimum absolute atomic E-state index is 0.116. The van der Waals surface area contributed by atoms with Crippen LogP contribution in [0.2, 0.25) is 0 Å². The van der Waals surface area contributed by atoms with Crippen LogP contribution in [0.3, 0.4) is 0 Å². The number of nitrogens with one attached hydrogen (secondary N) is 1. The molecule has 0 aliphatic carbocycles. The van der Waals surface area contributed by atoms with Crippen molar-refractivity contribution < 1.29 is 0 Å². The molecule has 2 aromatic heterocycles. The lowest BCUT2D eigenvalue weighted by atomic mass is 10.1. The van der Waals surface area contributed by atoms with Crippen LogP contribution >= 0.6 is 0 Å². The third-order valence-corrected chi connectivity index (χ3v) is 2.43. The highest BCUT2D eigenvalue weighted by atomic mass is 16.1. The summed E-state index contributed by atoms with van der Waals surface area (Å²) in [4.78, 5) is 16.0. The van der Waals surface area contributed by atoms with Gasteiger partial charge in [0.2, 0.25) is 0 Å². The molecule has 0 aliphatic heterocycles. The zero-order chi connectivity index (χ0) is 11.0. The first-order chi connectivity index (χ1) is 7.13. The summed E-state index contributed by atoms with van der Waals surface area (Å²) < 4.78 is 1.44. The van der Waals surface area contributed by atoms with E-state index in [1.807, 2.05) is 6.07 Å². The summed E-state index contributed by atoms with van der Waals surface area (Å²) in [7, 11) is 0. The van der Waals surface area contributed by atoms with E-state index in [1.54, 1.807) is 0 Å². The van der Waals surface area contributed by atoms with E-state index in [2.05, 4.69) is 23.9 Å². The van der Waals surface area contributed by atoms with E-state index in [9.17, 15) is 4.79 Å². The van der Waals surface area contributed by atoms with Crippen LogP contribution in [-0.4, -0.2) is 14.6 Å². The van der Waals surface area contributed by atoms with E-state index in [1.165, 1.54) is 10.7 Å². The van der Waals surface area contributed by atoms with Gasteiger partial charge in [0.1, 0.15) is 0 Å². The van der Waals surface area contributed by atoms with Gasteiger partial charge >= 0.3 is 0 Å². The highest BCUT2D eigenvalue weighted by molar-refractivity contribution is 5.40. The van der Waals surface area contributed by atoms with Crippen molar-refractivity contribution in [3.8, 4) is 0 Å². The number of fused-ring (bicyclic) bond motifs is 1. The lowest BCUT2D eigenvalue weighted by Crippen LogP contribution is -2.21. The number of nitrogens with two attached hydrogens (primary N) is 1. The molecule has 80 valence electrons. The molecule has 5 nitrogen and oxygen atoms in total. The fourth-order valence-electron chi connectivity index (χ4n) is 1.45. The number of rotatable bonds is 2. The highest BCUT2D eigenvalue weighted by Gasteiger charge is 2.08. The van der Waals surface area contributed by atoms with Crippen molar-refractivity contribution in [2.45, 2.75) is 26.3 Å². The average Bonchev–Trinajstić information content (AvgIpc) is 2.63. The minimum Gasteiger partial charge on any atom is -0.326 e. The molecule has 2 aromatic rings. The molecule has 0 amide bonds. The Morgan fingerprint density at radius 3 is 2.93 bits per heavy atom. The van der Waals surface area contributed by atoms with Gasteiger partial charge in [0.25, 0.3) is 5.56 Å². The van der Waals surface area contributed by atoms with Gasteiger partial charge in [-0.05, 0) is 5.92 Å². The smallest absolute Gasteiger partial charge is 0.277 e. The van der Waals surface area contributed by atoms with Crippen molar-refractivity contribution in [1.29, 1.82) is 0 Å². The van der Waals surface area contributed by atoms with Crippen LogP contribution in [-0.2, 0) is 6.54 Å². The van der Waals surface area contributed by atoms with E-state index in [-0.39, 0.29) is 12.1 Å². The van der Waals surface area contributed by atoms with E-state index in [4.69, 9.17) is 5.73 Å². The van der Waals surface area contributed by atoms with Gasteiger partial charge in [-0.15, -0.1) is 0 Å². The van der Waals surface area contributed by atoms with Crippen LogP contribution in [0.15, 0.2) is 17.1 Å². The molecule has 0 saturated carbocycles. The van der Waals surface area contributed by atoms with Gasteiger partial charge < -0.3 is 5.73 Å². The normalized spacial score (nSPS) is 11.5. The summed E-state index contributed by atoms with van der Waals surface area (Å²) in [5, 5.41) is 3.02. The molecule has 0 aliphatic rings. The molecular weight excluding hydrogens is 192 g/mol. The van der Waals surface area contributed by atoms with Gasteiger partial charge in [0, 0.05) is 24.5 Å². The van der Waals surface area contributed by atoms with E-state index < -0.39 is 0 Å². The second kappa shape index (κ2) is 3.51. The van der Waals surface area contributed by atoms with Crippen molar-refractivity contribution >= 4 is 5.65 Å². The SMILES string of the molecule is CC(C)c1cc2ncc(CN)c(=O)n2[nH]1. The summed E-state index contributed by atoms with van der Waals surface area (Å²) in [5.41, 5.74) is 7.48. The second-order valence-corrected chi connectivity index (χ2v) is 3.85. The molecule has 2 rings (SSSR count). The topological polar surface area (TPSA) is 76.2 Å². The Hall–Kier alpha value is -1.62. The Morgan fingerprint density at radius 2 is 2.33 bits per heavy atom. The summed E-state index contributed by atoms with van der Waals surface area (Å²) >= 11 is 0. The maximum Gasteiger partial charge on any atom is 0.277 e. The first-order valence-corrected chi connectivity index (χ1v) is 4.93. The number of H-pyrrole nitrogens is 1. The van der Waals surface area contributed by atoms with Gasteiger partial charge in [0.15, 0.2) is 5.65 Å². The minimum atomic E-state index is -0.116. The predicted molar refractivity (Wildman–Crippen MR) is 57.8 cm³/mol. The Bertz CT molecular complexity index is 538. The molecule has 0 unspecified atom stereocenters. The van der Waals surface area contributed by atoms with E-state index in [0.717, 1.165) is 5.69 Å². The molecular formula is C10H14N4O. The Balaban J connectivity index is 2.71. The fourth-order valence-corrected chi connectivity index (χ4v) is 1.45. The van der Waals surface area contributed by atoms with Crippen molar-refractivity contribution in [3.63, 3.8) is 0 Å². The third kappa shape index (κ3) is 1.55. The summed E-state index contributed by atoms with van der Waals surface area (Å²) in [6.45, 7) is 4.32. The number of aromatic nitrogens is 3. The van der Waals surface area contributed by atoms with Crippen LogP contribution in [0.4, 0.5) is 0 Å². The van der Waals surface area contributed by atoms with Crippen molar-refractivity contribution in [2.75, 3.05) is 0 Å². The number of hydrogen-bond donors (Lipinski definition) is 2. The van der Waals surface area contributed by atoms with Crippen LogP contribution < -0.4 is 11.3 Å². The standard InChI is InChI=1S/C10H14N4O/c1-6(2)8-3-9-12-5-7(4-11)10(15)14(9)13-8/h3,5-6,13H,4,11H2,1-2H3. The first kappa shape index (κ1) is 9.92. The number of hydrogen-bond acceptors (Lipinski definition) is 3. The largest absolute Gasteiger partial charge is 0.326 e. The maximum atomic E-state index is 11.8. The van der Waals surface area contributed by atoms with Crippen molar-refractivity contribution in [2.24, 2.45) is 5.73 Å². The van der Waals surface area contributed by atoms with E-state index in [0.29, 0.717) is 17.1 Å². The second-order valence-electron chi connectivity index (χ2n) is 3.85. The monoisotopic (exact) mass is 206 g/mol. The summed E-state index contributed by atoms with van der Waals surface area (Å²) in [5.74, 6) is 0.340. The molecule has 5 heteroatoms. The van der Waals surface area contributed by atoms with Crippen molar-refractivity contribution in [3.05, 3.63) is 33.9 Å². The lowest BCUT2D eigenvalue weighted by Gasteiger charge is -1.98. The molecule has 0 spiro atoms. The molecule has 15 heavy (non-hydrogen) atoms. The zero-order valence-electron chi connectivity index (χ0n) is 8.82. The molecule has 0 atom stereocenters. The molecule has 0 bridgehead atoms. The van der Waals surface area contributed by atoms with Crippen molar-refractivity contribution in [1.82, 2.24) is 14.6 Å². The van der Waals surface area contributed by atoms with Gasteiger partial charge in [-0.3, -0.25) is 9.89 Å². The summed E-state index contributed by atoms with van der Waals surface area (Å²) in [6, 6.07) is 1.88. The molecule has 2 heterocycles. The molecule has 0 fully saturated rings.